The van der Waals surface area contributed by atoms with Crippen LogP contribution in [0.5, 0.6) is 0 Å². The molecule has 6 nitrogen and oxygen atoms in total. The van der Waals surface area contributed by atoms with Crippen LogP contribution in [0.3, 0.4) is 0 Å². The number of imidazole rings is 1. The van der Waals surface area contributed by atoms with Crippen LogP contribution < -0.4 is 5.32 Å². The van der Waals surface area contributed by atoms with Crippen LogP contribution in [-0.4, -0.2) is 39.4 Å². The molecular weight excluding hydrogens is 400 g/mol. The van der Waals surface area contributed by atoms with Gasteiger partial charge in [0.25, 0.3) is 5.91 Å². The van der Waals surface area contributed by atoms with E-state index in [4.69, 9.17) is 11.6 Å². The quantitative estimate of drug-likeness (QED) is 0.555. The smallest absolute Gasteiger partial charge is 0.251 e. The molecule has 0 aliphatic carbocycles. The van der Waals surface area contributed by atoms with Gasteiger partial charge in [0.15, 0.2) is 0 Å². The highest BCUT2D eigenvalue weighted by Crippen LogP contribution is 2.17. The molecule has 1 heterocycles. The lowest BCUT2D eigenvalue weighted by Crippen LogP contribution is -2.35. The van der Waals surface area contributed by atoms with Crippen molar-refractivity contribution in [1.82, 2.24) is 19.8 Å². The molecule has 0 radical (unpaired) electrons. The molecule has 7 heteroatoms. The number of para-hydroxylation sites is 2. The minimum Gasteiger partial charge on any atom is -0.345 e. The van der Waals surface area contributed by atoms with E-state index >= 15 is 0 Å². The zero-order chi connectivity index (χ0) is 21.5. The van der Waals surface area contributed by atoms with E-state index in [1.165, 1.54) is 0 Å². The van der Waals surface area contributed by atoms with Crippen molar-refractivity contribution in [3.05, 3.63) is 64.9 Å². The fourth-order valence-electron chi connectivity index (χ4n) is 3.46. The lowest BCUT2D eigenvalue weighted by atomic mass is 10.2. The van der Waals surface area contributed by atoms with Crippen LogP contribution in [0.15, 0.2) is 48.5 Å². The Bertz CT molecular complexity index is 1020. The zero-order valence-electron chi connectivity index (χ0n) is 17.4. The largest absolute Gasteiger partial charge is 0.345 e. The minimum atomic E-state index is -0.235. The van der Waals surface area contributed by atoms with Crippen LogP contribution in [0.2, 0.25) is 5.02 Å². The third-order valence-corrected chi connectivity index (χ3v) is 5.10. The fraction of sp³-hybridized carbons (Fsp3) is 0.348. The van der Waals surface area contributed by atoms with Crippen LogP contribution >= 0.6 is 11.6 Å². The van der Waals surface area contributed by atoms with Crippen molar-refractivity contribution in [2.75, 3.05) is 13.1 Å². The first-order valence-electron chi connectivity index (χ1n) is 10.3. The number of amides is 2. The van der Waals surface area contributed by atoms with Crippen molar-refractivity contribution in [3.63, 3.8) is 0 Å². The number of hydrogen-bond donors (Lipinski definition) is 1. The summed E-state index contributed by atoms with van der Waals surface area (Å²) in [4.78, 5) is 32.0. The Hall–Kier alpha value is -2.86. The first kappa shape index (κ1) is 21.8. The SMILES string of the molecule is CCCN(CCC)C(=O)Cn1c(CNC(=O)c2cccc(Cl)c2)nc2ccccc21. The van der Waals surface area contributed by atoms with Crippen LogP contribution in [0.25, 0.3) is 11.0 Å². The second-order valence-corrected chi connectivity index (χ2v) is 7.61. The van der Waals surface area contributed by atoms with Gasteiger partial charge >= 0.3 is 0 Å². The van der Waals surface area contributed by atoms with Gasteiger partial charge in [-0.3, -0.25) is 9.59 Å². The van der Waals surface area contributed by atoms with E-state index in [0.717, 1.165) is 37.0 Å². The molecule has 1 aromatic heterocycles. The Morgan fingerprint density at radius 2 is 1.80 bits per heavy atom. The van der Waals surface area contributed by atoms with E-state index in [1.807, 2.05) is 33.7 Å². The van der Waals surface area contributed by atoms with Crippen molar-refractivity contribution < 1.29 is 9.59 Å². The maximum absolute atomic E-state index is 13.0. The summed E-state index contributed by atoms with van der Waals surface area (Å²) in [6.45, 7) is 6.02. The van der Waals surface area contributed by atoms with Gasteiger partial charge in [0, 0.05) is 23.7 Å². The van der Waals surface area contributed by atoms with Gasteiger partial charge in [0.05, 0.1) is 17.6 Å². The van der Waals surface area contributed by atoms with Crippen molar-refractivity contribution in [3.8, 4) is 0 Å². The first-order chi connectivity index (χ1) is 14.5. The number of fused-ring (bicyclic) bond motifs is 1. The van der Waals surface area contributed by atoms with Crippen LogP contribution in [-0.2, 0) is 17.9 Å². The summed E-state index contributed by atoms with van der Waals surface area (Å²) in [5, 5.41) is 3.40. The third-order valence-electron chi connectivity index (χ3n) is 4.86. The van der Waals surface area contributed by atoms with E-state index in [2.05, 4.69) is 24.1 Å². The highest BCUT2D eigenvalue weighted by molar-refractivity contribution is 6.30. The second-order valence-electron chi connectivity index (χ2n) is 7.18. The summed E-state index contributed by atoms with van der Waals surface area (Å²) in [5.41, 5.74) is 2.17. The van der Waals surface area contributed by atoms with Crippen molar-refractivity contribution in [1.29, 1.82) is 0 Å². The van der Waals surface area contributed by atoms with Crippen LogP contribution in [0, 0.1) is 0 Å². The molecule has 3 aromatic rings. The molecule has 2 amide bonds. The van der Waals surface area contributed by atoms with E-state index in [9.17, 15) is 9.59 Å². The number of benzene rings is 2. The second kappa shape index (κ2) is 10.3. The molecule has 0 saturated carbocycles. The molecular formula is C23H27ClN4O2. The van der Waals surface area contributed by atoms with Gasteiger partial charge in [-0.2, -0.15) is 0 Å². The summed E-state index contributed by atoms with van der Waals surface area (Å²) in [6.07, 6.45) is 1.83. The van der Waals surface area contributed by atoms with E-state index in [1.54, 1.807) is 24.3 Å². The maximum atomic E-state index is 13.0. The van der Waals surface area contributed by atoms with Crippen molar-refractivity contribution in [2.24, 2.45) is 0 Å². The normalized spacial score (nSPS) is 10.9. The van der Waals surface area contributed by atoms with Crippen molar-refractivity contribution >= 4 is 34.4 Å². The van der Waals surface area contributed by atoms with Gasteiger partial charge in [0.2, 0.25) is 5.91 Å². The molecule has 1 N–H and O–H groups in total. The number of carbonyl (C=O) groups is 2. The van der Waals surface area contributed by atoms with Gasteiger partial charge in [-0.05, 0) is 43.2 Å². The predicted molar refractivity (Wildman–Crippen MR) is 120 cm³/mol. The molecule has 0 aliphatic heterocycles. The Kier molecular flexibility index (Phi) is 7.46. The molecule has 0 fully saturated rings. The number of rotatable bonds is 9. The highest BCUT2D eigenvalue weighted by Gasteiger charge is 2.18. The van der Waals surface area contributed by atoms with Crippen LogP contribution in [0.4, 0.5) is 0 Å². The highest BCUT2D eigenvalue weighted by atomic mass is 35.5. The first-order valence-corrected chi connectivity index (χ1v) is 10.7. The molecule has 0 unspecified atom stereocenters. The standard InChI is InChI=1S/C23H27ClN4O2/c1-3-12-27(13-4-2)22(29)16-28-20-11-6-5-10-19(20)26-21(28)15-25-23(30)17-8-7-9-18(24)14-17/h5-11,14H,3-4,12-13,15-16H2,1-2H3,(H,25,30). The molecule has 0 bridgehead atoms. The molecule has 30 heavy (non-hydrogen) atoms. The van der Waals surface area contributed by atoms with E-state index in [0.29, 0.717) is 16.4 Å². The average molecular weight is 427 g/mol. The molecule has 2 aromatic carbocycles. The molecule has 3 rings (SSSR count). The van der Waals surface area contributed by atoms with Crippen LogP contribution in [0.1, 0.15) is 42.9 Å². The summed E-state index contributed by atoms with van der Waals surface area (Å²) in [7, 11) is 0. The number of carbonyl (C=O) groups excluding carboxylic acids is 2. The number of halogens is 1. The Balaban J connectivity index is 1.82. The lowest BCUT2D eigenvalue weighted by Gasteiger charge is -2.22. The topological polar surface area (TPSA) is 67.2 Å². The summed E-state index contributed by atoms with van der Waals surface area (Å²) in [6, 6.07) is 14.5. The molecule has 158 valence electrons. The molecule has 0 aliphatic rings. The van der Waals surface area contributed by atoms with Gasteiger partial charge < -0.3 is 14.8 Å². The Morgan fingerprint density at radius 1 is 1.07 bits per heavy atom. The number of aromatic nitrogens is 2. The zero-order valence-corrected chi connectivity index (χ0v) is 18.2. The maximum Gasteiger partial charge on any atom is 0.251 e. The van der Waals surface area contributed by atoms with E-state index in [-0.39, 0.29) is 24.9 Å². The Labute approximate surface area is 181 Å². The third kappa shape index (κ3) is 5.19. The molecule has 0 atom stereocenters. The predicted octanol–water partition coefficient (Wildman–Crippen LogP) is 4.27. The van der Waals surface area contributed by atoms with Gasteiger partial charge in [-0.25, -0.2) is 4.98 Å². The summed E-state index contributed by atoms with van der Waals surface area (Å²) < 4.78 is 1.90. The summed E-state index contributed by atoms with van der Waals surface area (Å²) >= 11 is 5.98. The van der Waals surface area contributed by atoms with Gasteiger partial charge in [-0.15, -0.1) is 0 Å². The fourth-order valence-corrected chi connectivity index (χ4v) is 3.65. The Morgan fingerprint density at radius 3 is 2.50 bits per heavy atom. The lowest BCUT2D eigenvalue weighted by molar-refractivity contribution is -0.131. The average Bonchev–Trinajstić information content (AvgIpc) is 3.09. The molecule has 0 spiro atoms. The number of hydrogen-bond acceptors (Lipinski definition) is 3. The number of nitrogens with one attached hydrogen (secondary N) is 1. The number of nitrogens with zero attached hydrogens (tertiary/aromatic N) is 3. The van der Waals surface area contributed by atoms with Crippen molar-refractivity contribution in [2.45, 2.75) is 39.8 Å². The van der Waals surface area contributed by atoms with Gasteiger partial charge in [-0.1, -0.05) is 43.6 Å². The summed E-state index contributed by atoms with van der Waals surface area (Å²) in [5.74, 6) is 0.471. The van der Waals surface area contributed by atoms with Gasteiger partial charge in [0.1, 0.15) is 12.4 Å². The van der Waals surface area contributed by atoms with E-state index < -0.39 is 0 Å². The minimum absolute atomic E-state index is 0.0595. The molecule has 0 saturated heterocycles. The monoisotopic (exact) mass is 426 g/mol.